The molecule has 21 heavy (non-hydrogen) atoms. The molecule has 1 aromatic heterocycles. The van der Waals surface area contributed by atoms with Gasteiger partial charge in [0, 0.05) is 11.6 Å². The highest BCUT2D eigenvalue weighted by Gasteiger charge is 2.13. The summed E-state index contributed by atoms with van der Waals surface area (Å²) >= 11 is 0. The molecule has 0 amide bonds. The Hall–Kier alpha value is -2.41. The molecule has 0 spiro atoms. The van der Waals surface area contributed by atoms with Crippen LogP contribution in [0.3, 0.4) is 0 Å². The quantitative estimate of drug-likeness (QED) is 0.619. The predicted octanol–water partition coefficient (Wildman–Crippen LogP) is -0.564. The first-order valence-electron chi connectivity index (χ1n) is 5.74. The van der Waals surface area contributed by atoms with Gasteiger partial charge in [-0.25, -0.2) is 9.48 Å². The Kier molecular flexibility index (Phi) is 5.43. The fraction of sp³-hybridized carbons (Fsp3) is 0. The van der Waals surface area contributed by atoms with Crippen molar-refractivity contribution in [1.82, 2.24) is 15.9 Å². The van der Waals surface area contributed by atoms with Crippen molar-refractivity contribution in [2.75, 3.05) is 0 Å². The number of rotatable bonds is 2. The minimum atomic E-state index is -0.594. The molecular formula is C14H15ClN4O2. The first kappa shape index (κ1) is 16.6. The first-order valence-corrected chi connectivity index (χ1v) is 5.74. The third-order valence-corrected chi connectivity index (χ3v) is 2.88. The second-order valence-electron chi connectivity index (χ2n) is 4.06. The molecule has 6 nitrogen and oxygen atoms in total. The van der Waals surface area contributed by atoms with Crippen LogP contribution in [0.2, 0.25) is 0 Å². The lowest BCUT2D eigenvalue weighted by molar-refractivity contribution is -0.0000208. The second kappa shape index (κ2) is 6.85. The third-order valence-electron chi connectivity index (χ3n) is 2.88. The molecule has 0 fully saturated rings. The fourth-order valence-corrected chi connectivity index (χ4v) is 1.99. The summed E-state index contributed by atoms with van der Waals surface area (Å²) in [6, 6.07) is 15.0. The predicted molar refractivity (Wildman–Crippen MR) is 76.7 cm³/mol. The SMILES string of the molecule is NOC(=O)c1cccc2cn(-c3ccccc3)nc12.[Cl-].[NH4+]. The molecule has 1 heterocycles. The van der Waals surface area contributed by atoms with Crippen LogP contribution in [0.1, 0.15) is 10.4 Å². The van der Waals surface area contributed by atoms with Crippen LogP contribution in [0.25, 0.3) is 16.6 Å². The minimum absolute atomic E-state index is 0. The zero-order chi connectivity index (χ0) is 13.2. The Morgan fingerprint density at radius 2 is 1.81 bits per heavy atom. The zero-order valence-corrected chi connectivity index (χ0v) is 12.1. The molecule has 3 aromatic rings. The van der Waals surface area contributed by atoms with E-state index in [1.165, 1.54) is 0 Å². The van der Waals surface area contributed by atoms with Crippen molar-refractivity contribution >= 4 is 16.9 Å². The van der Waals surface area contributed by atoms with Gasteiger partial charge in [-0.15, -0.1) is 0 Å². The molecule has 110 valence electrons. The van der Waals surface area contributed by atoms with Gasteiger partial charge in [-0.1, -0.05) is 30.3 Å². The summed E-state index contributed by atoms with van der Waals surface area (Å²) in [6.07, 6.45) is 1.86. The maximum atomic E-state index is 11.6. The molecule has 0 aliphatic heterocycles. The lowest BCUT2D eigenvalue weighted by Crippen LogP contribution is -3.00. The number of benzene rings is 2. The van der Waals surface area contributed by atoms with Crippen molar-refractivity contribution < 1.29 is 22.0 Å². The first-order chi connectivity index (χ1) is 9.29. The molecule has 0 atom stereocenters. The minimum Gasteiger partial charge on any atom is -1.00 e. The smallest absolute Gasteiger partial charge is 0.358 e. The normalized spacial score (nSPS) is 9.57. The van der Waals surface area contributed by atoms with E-state index in [1.54, 1.807) is 16.8 Å². The zero-order valence-electron chi connectivity index (χ0n) is 11.4. The van der Waals surface area contributed by atoms with E-state index in [9.17, 15) is 4.79 Å². The average Bonchev–Trinajstić information content (AvgIpc) is 2.91. The number of carbonyl (C=O) groups excluding carboxylic acids is 1. The van der Waals surface area contributed by atoms with Crippen LogP contribution < -0.4 is 24.5 Å². The van der Waals surface area contributed by atoms with Crippen molar-refractivity contribution in [3.63, 3.8) is 0 Å². The van der Waals surface area contributed by atoms with Gasteiger partial charge >= 0.3 is 5.97 Å². The highest BCUT2D eigenvalue weighted by molar-refractivity contribution is 6.02. The number of nitrogens with zero attached hydrogens (tertiary/aromatic N) is 2. The van der Waals surface area contributed by atoms with Crippen molar-refractivity contribution in [3.05, 3.63) is 60.3 Å². The standard InChI is InChI=1S/C14H11N3O2.ClH.H3N/c15-19-14(18)12-8-4-5-10-9-17(16-13(10)12)11-6-2-1-3-7-11;;/h1-9H,15H2;1H;1H3. The molecule has 0 aliphatic rings. The summed E-state index contributed by atoms with van der Waals surface area (Å²) in [5, 5.41) is 5.27. The van der Waals surface area contributed by atoms with Gasteiger partial charge in [0.05, 0.1) is 11.3 Å². The van der Waals surface area contributed by atoms with Crippen LogP contribution in [-0.2, 0) is 4.84 Å². The van der Waals surface area contributed by atoms with Gasteiger partial charge in [-0.05, 0) is 18.2 Å². The van der Waals surface area contributed by atoms with Gasteiger partial charge in [-0.2, -0.15) is 11.0 Å². The molecular weight excluding hydrogens is 292 g/mol. The lowest BCUT2D eigenvalue weighted by atomic mass is 10.1. The Balaban J connectivity index is 0.00000110. The fourth-order valence-electron chi connectivity index (χ4n) is 1.99. The molecule has 0 radical (unpaired) electrons. The van der Waals surface area contributed by atoms with E-state index in [2.05, 4.69) is 9.94 Å². The Morgan fingerprint density at radius 1 is 1.10 bits per heavy atom. The van der Waals surface area contributed by atoms with E-state index in [-0.39, 0.29) is 18.6 Å². The number of aromatic nitrogens is 2. The number of carbonyl (C=O) groups is 1. The van der Waals surface area contributed by atoms with Crippen LogP contribution in [0.4, 0.5) is 0 Å². The molecule has 2 aromatic carbocycles. The summed E-state index contributed by atoms with van der Waals surface area (Å²) in [5.41, 5.74) is 1.85. The monoisotopic (exact) mass is 306 g/mol. The van der Waals surface area contributed by atoms with E-state index in [4.69, 9.17) is 5.90 Å². The molecule has 0 saturated heterocycles. The molecule has 7 heteroatoms. The number of nitrogens with two attached hydrogens (primary N) is 1. The van der Waals surface area contributed by atoms with Crippen LogP contribution in [-0.4, -0.2) is 15.7 Å². The number of fused-ring (bicyclic) bond motifs is 1. The van der Waals surface area contributed by atoms with Gasteiger partial charge < -0.3 is 23.4 Å². The van der Waals surface area contributed by atoms with Crippen LogP contribution >= 0.6 is 0 Å². The molecule has 3 rings (SSSR count). The van der Waals surface area contributed by atoms with E-state index in [1.807, 2.05) is 42.6 Å². The Morgan fingerprint density at radius 3 is 2.48 bits per heavy atom. The van der Waals surface area contributed by atoms with Gasteiger partial charge in [0.15, 0.2) is 0 Å². The number of quaternary nitrogens is 1. The molecule has 0 aliphatic carbocycles. The highest BCUT2D eigenvalue weighted by Crippen LogP contribution is 2.19. The van der Waals surface area contributed by atoms with E-state index >= 15 is 0 Å². The highest BCUT2D eigenvalue weighted by atomic mass is 35.5. The second-order valence-corrected chi connectivity index (χ2v) is 4.06. The Bertz CT molecular complexity index is 743. The Labute approximate surface area is 127 Å². The van der Waals surface area contributed by atoms with E-state index in [0.29, 0.717) is 11.1 Å². The summed E-state index contributed by atoms with van der Waals surface area (Å²) in [4.78, 5) is 15.8. The van der Waals surface area contributed by atoms with Gasteiger partial charge in [0.25, 0.3) is 0 Å². The van der Waals surface area contributed by atoms with Crippen molar-refractivity contribution in [1.29, 1.82) is 0 Å². The number of para-hydroxylation sites is 1. The van der Waals surface area contributed by atoms with E-state index < -0.39 is 5.97 Å². The summed E-state index contributed by atoms with van der Waals surface area (Å²) < 4.78 is 1.72. The summed E-state index contributed by atoms with van der Waals surface area (Å²) in [5.74, 6) is 4.34. The molecule has 6 N–H and O–H groups in total. The van der Waals surface area contributed by atoms with Crippen LogP contribution in [0.15, 0.2) is 54.7 Å². The maximum Gasteiger partial charge on any atom is 0.358 e. The number of halogens is 1. The van der Waals surface area contributed by atoms with Crippen molar-refractivity contribution in [2.24, 2.45) is 5.90 Å². The lowest BCUT2D eigenvalue weighted by Gasteiger charge is -1.99. The number of hydrogen-bond acceptors (Lipinski definition) is 4. The average molecular weight is 307 g/mol. The largest absolute Gasteiger partial charge is 1.00 e. The maximum absolute atomic E-state index is 11.6. The van der Waals surface area contributed by atoms with Crippen LogP contribution in [0, 0.1) is 0 Å². The van der Waals surface area contributed by atoms with Gasteiger partial charge in [0.1, 0.15) is 5.52 Å². The van der Waals surface area contributed by atoms with Crippen molar-refractivity contribution in [2.45, 2.75) is 0 Å². The van der Waals surface area contributed by atoms with E-state index in [0.717, 1.165) is 11.1 Å². The van der Waals surface area contributed by atoms with Gasteiger partial charge in [-0.3, -0.25) is 0 Å². The van der Waals surface area contributed by atoms with Gasteiger partial charge in [0.2, 0.25) is 0 Å². The third kappa shape index (κ3) is 3.03. The topological polar surface area (TPSA) is 107 Å². The van der Waals surface area contributed by atoms with Crippen LogP contribution in [0.5, 0.6) is 0 Å². The summed E-state index contributed by atoms with van der Waals surface area (Å²) in [6.45, 7) is 0. The molecule has 0 saturated carbocycles. The molecule has 0 unspecified atom stereocenters. The number of hydrogen-bond donors (Lipinski definition) is 2. The molecule has 0 bridgehead atoms. The van der Waals surface area contributed by atoms with Crippen molar-refractivity contribution in [3.8, 4) is 5.69 Å². The summed E-state index contributed by atoms with van der Waals surface area (Å²) in [7, 11) is 0.